The number of rotatable bonds is 6. The first-order valence-electron chi connectivity index (χ1n) is 5.70. The Kier molecular flexibility index (Phi) is 5.71. The molecule has 0 spiro atoms. The normalized spacial score (nSPS) is 12.1. The second-order valence-corrected chi connectivity index (χ2v) is 9.18. The number of hydrogen-bond acceptors (Lipinski definition) is 5. The molecule has 0 unspecified atom stereocenters. The van der Waals surface area contributed by atoms with Gasteiger partial charge in [-0.15, -0.1) is 0 Å². The van der Waals surface area contributed by atoms with Crippen molar-refractivity contribution < 1.29 is 26.0 Å². The van der Waals surface area contributed by atoms with Gasteiger partial charge in [0.1, 0.15) is 15.7 Å². The monoisotopic (exact) mass is 357 g/mol. The SMILES string of the molecule is CS(=O)(=O)CCCNC(=O)c1cc(F)cc(S(=O)(=O)Cl)c1. The molecule has 0 aliphatic heterocycles. The third-order valence-electron chi connectivity index (χ3n) is 2.39. The molecule has 0 saturated carbocycles. The zero-order valence-corrected chi connectivity index (χ0v) is 13.4. The van der Waals surface area contributed by atoms with E-state index in [-0.39, 0.29) is 24.3 Å². The quantitative estimate of drug-likeness (QED) is 0.603. The summed E-state index contributed by atoms with van der Waals surface area (Å²) in [5.74, 6) is -1.74. The molecule has 0 aromatic heterocycles. The summed E-state index contributed by atoms with van der Waals surface area (Å²) in [7, 11) is -2.19. The van der Waals surface area contributed by atoms with Gasteiger partial charge in [0, 0.05) is 29.0 Å². The van der Waals surface area contributed by atoms with Crippen LogP contribution in [0.15, 0.2) is 23.1 Å². The first kappa shape index (κ1) is 17.9. The summed E-state index contributed by atoms with van der Waals surface area (Å²) >= 11 is 0. The smallest absolute Gasteiger partial charge is 0.261 e. The minimum Gasteiger partial charge on any atom is -0.352 e. The van der Waals surface area contributed by atoms with Crippen molar-refractivity contribution in [2.24, 2.45) is 0 Å². The van der Waals surface area contributed by atoms with Crippen molar-refractivity contribution in [3.63, 3.8) is 0 Å². The average Bonchev–Trinajstić information content (AvgIpc) is 2.31. The Labute approximate surface area is 126 Å². The fraction of sp³-hybridized carbons (Fsp3) is 0.364. The number of hydrogen-bond donors (Lipinski definition) is 1. The lowest BCUT2D eigenvalue weighted by Crippen LogP contribution is -2.26. The second kappa shape index (κ2) is 6.71. The molecule has 0 bridgehead atoms. The van der Waals surface area contributed by atoms with E-state index in [4.69, 9.17) is 10.7 Å². The van der Waals surface area contributed by atoms with Crippen LogP contribution in [0.2, 0.25) is 0 Å². The number of nitrogens with one attached hydrogen (secondary N) is 1. The first-order chi connectivity index (χ1) is 9.49. The topological polar surface area (TPSA) is 97.4 Å². The van der Waals surface area contributed by atoms with Crippen molar-refractivity contribution in [3.05, 3.63) is 29.6 Å². The van der Waals surface area contributed by atoms with E-state index < -0.39 is 35.5 Å². The van der Waals surface area contributed by atoms with Gasteiger partial charge in [-0.1, -0.05) is 0 Å². The molecule has 6 nitrogen and oxygen atoms in total. The molecule has 0 aliphatic carbocycles. The molecule has 21 heavy (non-hydrogen) atoms. The number of benzene rings is 1. The molecule has 0 saturated heterocycles. The average molecular weight is 358 g/mol. The lowest BCUT2D eigenvalue weighted by molar-refractivity contribution is 0.0953. The molecule has 1 rings (SSSR count). The lowest BCUT2D eigenvalue weighted by atomic mass is 10.2. The molecule has 0 fully saturated rings. The number of sulfone groups is 1. The Morgan fingerprint density at radius 3 is 2.38 bits per heavy atom. The van der Waals surface area contributed by atoms with Crippen molar-refractivity contribution in [2.45, 2.75) is 11.3 Å². The minimum absolute atomic E-state index is 0.0609. The standard InChI is InChI=1S/C11H13ClFNO5S2/c1-20(16,17)4-2-3-14-11(15)8-5-9(13)7-10(6-8)21(12,18)19/h5-7H,2-4H2,1H3,(H,14,15). The summed E-state index contributed by atoms with van der Waals surface area (Å²) in [4.78, 5) is 11.2. The molecule has 1 aromatic carbocycles. The van der Waals surface area contributed by atoms with Gasteiger partial charge in [-0.25, -0.2) is 21.2 Å². The Hall–Kier alpha value is -1.19. The number of carbonyl (C=O) groups is 1. The Bertz CT molecular complexity index is 746. The van der Waals surface area contributed by atoms with Crippen LogP contribution in [0.5, 0.6) is 0 Å². The molecule has 0 atom stereocenters. The van der Waals surface area contributed by atoms with Gasteiger partial charge < -0.3 is 5.32 Å². The summed E-state index contributed by atoms with van der Waals surface area (Å²) < 4.78 is 57.3. The Balaban J connectivity index is 2.77. The van der Waals surface area contributed by atoms with Crippen LogP contribution in [0.4, 0.5) is 4.39 Å². The highest BCUT2D eigenvalue weighted by Crippen LogP contribution is 2.18. The van der Waals surface area contributed by atoms with Crippen molar-refractivity contribution >= 4 is 35.5 Å². The van der Waals surface area contributed by atoms with Crippen LogP contribution in [0, 0.1) is 5.82 Å². The summed E-state index contributed by atoms with van der Waals surface area (Å²) in [6.45, 7) is 0.0609. The number of halogens is 2. The highest BCUT2D eigenvalue weighted by atomic mass is 35.7. The maximum Gasteiger partial charge on any atom is 0.261 e. The van der Waals surface area contributed by atoms with Gasteiger partial charge in [0.2, 0.25) is 0 Å². The number of amides is 1. The van der Waals surface area contributed by atoms with Gasteiger partial charge in [-0.2, -0.15) is 0 Å². The predicted molar refractivity (Wildman–Crippen MR) is 76.1 cm³/mol. The molecular formula is C11H13ClFNO5S2. The van der Waals surface area contributed by atoms with E-state index in [1.807, 2.05) is 0 Å². The van der Waals surface area contributed by atoms with Gasteiger partial charge in [0.05, 0.1) is 10.6 Å². The molecule has 118 valence electrons. The van der Waals surface area contributed by atoms with Crippen LogP contribution in [-0.2, 0) is 18.9 Å². The lowest BCUT2D eigenvalue weighted by Gasteiger charge is -2.06. The molecule has 0 heterocycles. The van der Waals surface area contributed by atoms with Crippen LogP contribution in [0.1, 0.15) is 16.8 Å². The summed E-state index contributed by atoms with van der Waals surface area (Å²) in [5, 5.41) is 2.37. The van der Waals surface area contributed by atoms with E-state index in [0.29, 0.717) is 6.07 Å². The number of carbonyl (C=O) groups excluding carboxylic acids is 1. The molecule has 1 aromatic rings. The molecule has 10 heteroatoms. The van der Waals surface area contributed by atoms with Crippen molar-refractivity contribution in [1.29, 1.82) is 0 Å². The summed E-state index contributed by atoms with van der Waals surface area (Å²) in [5.41, 5.74) is -0.214. The molecule has 0 radical (unpaired) electrons. The maximum absolute atomic E-state index is 13.3. The Morgan fingerprint density at radius 1 is 1.24 bits per heavy atom. The van der Waals surface area contributed by atoms with Crippen LogP contribution in [-0.4, -0.2) is 41.3 Å². The van der Waals surface area contributed by atoms with Crippen LogP contribution in [0.3, 0.4) is 0 Å². The van der Waals surface area contributed by atoms with E-state index >= 15 is 0 Å². The van der Waals surface area contributed by atoms with Crippen LogP contribution < -0.4 is 5.32 Å². The molecule has 1 N–H and O–H groups in total. The molecule has 1 amide bonds. The van der Waals surface area contributed by atoms with E-state index in [1.54, 1.807) is 0 Å². The van der Waals surface area contributed by atoms with Crippen molar-refractivity contribution in [3.8, 4) is 0 Å². The fourth-order valence-electron chi connectivity index (χ4n) is 1.47. The summed E-state index contributed by atoms with van der Waals surface area (Å²) in [6.07, 6.45) is 1.26. The Morgan fingerprint density at radius 2 is 1.86 bits per heavy atom. The zero-order chi connectivity index (χ0) is 16.3. The highest BCUT2D eigenvalue weighted by Gasteiger charge is 2.16. The van der Waals surface area contributed by atoms with Gasteiger partial charge in [-0.3, -0.25) is 4.79 Å². The van der Waals surface area contributed by atoms with E-state index in [0.717, 1.165) is 18.4 Å². The van der Waals surface area contributed by atoms with E-state index in [2.05, 4.69) is 5.32 Å². The largest absolute Gasteiger partial charge is 0.352 e. The predicted octanol–water partition coefficient (Wildman–Crippen LogP) is 0.918. The van der Waals surface area contributed by atoms with Crippen LogP contribution in [0.25, 0.3) is 0 Å². The molecular weight excluding hydrogens is 345 g/mol. The van der Waals surface area contributed by atoms with Gasteiger partial charge >= 0.3 is 0 Å². The highest BCUT2D eigenvalue weighted by molar-refractivity contribution is 8.13. The zero-order valence-electron chi connectivity index (χ0n) is 11.0. The van der Waals surface area contributed by atoms with Gasteiger partial charge in [-0.05, 0) is 24.6 Å². The van der Waals surface area contributed by atoms with Crippen LogP contribution >= 0.6 is 10.7 Å². The third-order valence-corrected chi connectivity index (χ3v) is 4.76. The van der Waals surface area contributed by atoms with E-state index in [9.17, 15) is 26.0 Å². The first-order valence-corrected chi connectivity index (χ1v) is 10.1. The van der Waals surface area contributed by atoms with Crippen molar-refractivity contribution in [2.75, 3.05) is 18.6 Å². The van der Waals surface area contributed by atoms with Gasteiger partial charge in [0.15, 0.2) is 0 Å². The fourth-order valence-corrected chi connectivity index (χ4v) is 2.93. The minimum atomic E-state index is -4.15. The van der Waals surface area contributed by atoms with Crippen molar-refractivity contribution in [1.82, 2.24) is 5.32 Å². The maximum atomic E-state index is 13.3. The van der Waals surface area contributed by atoms with E-state index in [1.165, 1.54) is 0 Å². The van der Waals surface area contributed by atoms with Gasteiger partial charge in [0.25, 0.3) is 15.0 Å². The second-order valence-electron chi connectivity index (χ2n) is 4.35. The third kappa shape index (κ3) is 6.40. The molecule has 0 aliphatic rings. The summed E-state index contributed by atoms with van der Waals surface area (Å²) in [6, 6.07) is 2.50.